The summed E-state index contributed by atoms with van der Waals surface area (Å²) in [6, 6.07) is 11.9. The number of hydrogen-bond donors (Lipinski definition) is 0. The zero-order valence-corrected chi connectivity index (χ0v) is 15.1. The van der Waals surface area contributed by atoms with Crippen molar-refractivity contribution in [1.29, 1.82) is 0 Å². The van der Waals surface area contributed by atoms with Gasteiger partial charge in [0, 0.05) is 25.1 Å². The van der Waals surface area contributed by atoms with Gasteiger partial charge in [-0.25, -0.2) is 4.98 Å². The van der Waals surface area contributed by atoms with Crippen molar-refractivity contribution in [3.05, 3.63) is 67.7 Å². The summed E-state index contributed by atoms with van der Waals surface area (Å²) in [6.07, 6.45) is 1.68. The molecule has 0 radical (unpaired) electrons. The Kier molecular flexibility index (Phi) is 4.44. The predicted octanol–water partition coefficient (Wildman–Crippen LogP) is 4.50. The summed E-state index contributed by atoms with van der Waals surface area (Å²) in [6.45, 7) is 1.30. The number of hydrogen-bond acceptors (Lipinski definition) is 7. The van der Waals surface area contributed by atoms with Crippen molar-refractivity contribution in [2.24, 2.45) is 0 Å². The van der Waals surface area contributed by atoms with Gasteiger partial charge >= 0.3 is 0 Å². The maximum absolute atomic E-state index is 11.4. The monoisotopic (exact) mass is 384 g/mol. The fourth-order valence-corrected chi connectivity index (χ4v) is 4.61. The lowest BCUT2D eigenvalue weighted by Crippen LogP contribution is -2.33. The summed E-state index contributed by atoms with van der Waals surface area (Å²) in [5.41, 5.74) is 0.955. The van der Waals surface area contributed by atoms with Gasteiger partial charge in [0.2, 0.25) is 0 Å². The first kappa shape index (κ1) is 17.3. The van der Waals surface area contributed by atoms with Gasteiger partial charge in [-0.2, -0.15) is 0 Å². The number of fused-ring (bicyclic) bond motifs is 1. The number of nitrogens with zero attached hydrogens (tertiary/aromatic N) is 4. The Bertz CT molecular complexity index is 994. The predicted molar refractivity (Wildman–Crippen MR) is 104 cm³/mol. The Balaban J connectivity index is 1.53. The van der Waals surface area contributed by atoms with E-state index >= 15 is 0 Å². The lowest BCUT2D eigenvalue weighted by Gasteiger charge is -2.32. The second-order valence-electron chi connectivity index (χ2n) is 6.47. The molecular formula is C18H16N4O4S. The van der Waals surface area contributed by atoms with Crippen molar-refractivity contribution >= 4 is 38.6 Å². The van der Waals surface area contributed by atoms with Gasteiger partial charge in [0.15, 0.2) is 0 Å². The number of rotatable bonds is 4. The molecule has 8 nitrogen and oxygen atoms in total. The highest BCUT2D eigenvalue weighted by atomic mass is 32.1. The Morgan fingerprint density at radius 2 is 1.78 bits per heavy atom. The normalized spacial score (nSPS) is 15.2. The molecule has 0 saturated carbocycles. The van der Waals surface area contributed by atoms with Gasteiger partial charge < -0.3 is 4.90 Å². The van der Waals surface area contributed by atoms with Crippen LogP contribution in [0.3, 0.4) is 0 Å². The van der Waals surface area contributed by atoms with Crippen molar-refractivity contribution in [1.82, 2.24) is 4.98 Å². The number of aromatic nitrogens is 1. The quantitative estimate of drug-likeness (QED) is 0.485. The van der Waals surface area contributed by atoms with Crippen LogP contribution in [0.15, 0.2) is 42.5 Å². The van der Waals surface area contributed by atoms with E-state index in [1.807, 2.05) is 23.1 Å². The zero-order chi connectivity index (χ0) is 19.0. The number of piperidine rings is 1. The standard InChI is InChI=1S/C18H16N4O4S/c23-21(24)13-5-6-15(16(11-13)22(25)26)20-9-7-12(8-10-20)18-19-14-3-1-2-4-17(14)27-18/h1-6,11-12H,7-10H2. The lowest BCUT2D eigenvalue weighted by molar-refractivity contribution is -0.393. The SMILES string of the molecule is O=[N+]([O-])c1ccc(N2CCC(c3nc4ccccc4s3)CC2)c([N+](=O)[O-])c1. The van der Waals surface area contributed by atoms with E-state index in [0.717, 1.165) is 29.4 Å². The highest BCUT2D eigenvalue weighted by Gasteiger charge is 2.28. The van der Waals surface area contributed by atoms with Gasteiger partial charge in [0.25, 0.3) is 11.4 Å². The number of thiazole rings is 1. The number of anilines is 1. The first-order chi connectivity index (χ1) is 13.0. The molecule has 27 heavy (non-hydrogen) atoms. The Labute approximate surface area is 158 Å². The third kappa shape index (κ3) is 3.33. The molecule has 0 unspecified atom stereocenters. The van der Waals surface area contributed by atoms with Crippen molar-refractivity contribution < 1.29 is 9.85 Å². The molecule has 0 aliphatic carbocycles. The fourth-order valence-electron chi connectivity index (χ4n) is 3.47. The summed E-state index contributed by atoms with van der Waals surface area (Å²) in [5, 5.41) is 23.4. The summed E-state index contributed by atoms with van der Waals surface area (Å²) >= 11 is 1.70. The van der Waals surface area contributed by atoms with E-state index in [9.17, 15) is 20.2 Å². The first-order valence-electron chi connectivity index (χ1n) is 8.56. The Morgan fingerprint density at radius 1 is 1.04 bits per heavy atom. The minimum Gasteiger partial charge on any atom is -0.366 e. The van der Waals surface area contributed by atoms with Crippen LogP contribution < -0.4 is 4.90 Å². The van der Waals surface area contributed by atoms with Gasteiger partial charge in [-0.05, 0) is 31.0 Å². The van der Waals surface area contributed by atoms with E-state index in [1.165, 1.54) is 16.8 Å². The van der Waals surface area contributed by atoms with E-state index in [4.69, 9.17) is 4.98 Å². The van der Waals surface area contributed by atoms with Gasteiger partial charge in [0.05, 0.1) is 31.1 Å². The minimum absolute atomic E-state index is 0.220. The smallest absolute Gasteiger partial charge is 0.299 e. The summed E-state index contributed by atoms with van der Waals surface area (Å²) in [5.74, 6) is 0.329. The molecule has 1 aliphatic rings. The third-order valence-corrected chi connectivity index (χ3v) is 6.06. The van der Waals surface area contributed by atoms with Crippen LogP contribution in [0.25, 0.3) is 10.2 Å². The molecule has 138 valence electrons. The van der Waals surface area contributed by atoms with Crippen LogP contribution in [0.5, 0.6) is 0 Å². The number of nitro benzene ring substituents is 2. The average molecular weight is 384 g/mol. The van der Waals surface area contributed by atoms with Crippen LogP contribution in [0.2, 0.25) is 0 Å². The van der Waals surface area contributed by atoms with Gasteiger partial charge in [0.1, 0.15) is 5.69 Å². The maximum atomic E-state index is 11.4. The number of non-ortho nitro benzene ring substituents is 1. The van der Waals surface area contributed by atoms with E-state index in [1.54, 1.807) is 11.3 Å². The number of nitro groups is 2. The van der Waals surface area contributed by atoms with Gasteiger partial charge in [-0.1, -0.05) is 12.1 Å². The molecule has 2 aromatic carbocycles. The van der Waals surface area contributed by atoms with E-state index in [0.29, 0.717) is 24.7 Å². The van der Waals surface area contributed by atoms with E-state index < -0.39 is 9.85 Å². The number of para-hydroxylation sites is 1. The van der Waals surface area contributed by atoms with Crippen LogP contribution in [-0.4, -0.2) is 27.9 Å². The second-order valence-corrected chi connectivity index (χ2v) is 7.53. The van der Waals surface area contributed by atoms with Crippen LogP contribution in [0, 0.1) is 20.2 Å². The van der Waals surface area contributed by atoms with Crippen LogP contribution in [0.1, 0.15) is 23.8 Å². The van der Waals surface area contributed by atoms with E-state index in [-0.39, 0.29) is 11.4 Å². The van der Waals surface area contributed by atoms with Crippen LogP contribution in [0.4, 0.5) is 17.1 Å². The zero-order valence-electron chi connectivity index (χ0n) is 14.3. The largest absolute Gasteiger partial charge is 0.366 e. The van der Waals surface area contributed by atoms with Crippen LogP contribution >= 0.6 is 11.3 Å². The maximum Gasteiger partial charge on any atom is 0.299 e. The molecule has 1 fully saturated rings. The fraction of sp³-hybridized carbons (Fsp3) is 0.278. The highest BCUT2D eigenvalue weighted by Crippen LogP contribution is 2.38. The van der Waals surface area contributed by atoms with Crippen molar-refractivity contribution in [2.75, 3.05) is 18.0 Å². The molecular weight excluding hydrogens is 368 g/mol. The molecule has 2 heterocycles. The Morgan fingerprint density at radius 3 is 2.44 bits per heavy atom. The molecule has 9 heteroatoms. The summed E-state index contributed by atoms with van der Waals surface area (Å²) in [7, 11) is 0. The number of benzene rings is 2. The lowest BCUT2D eigenvalue weighted by atomic mass is 9.97. The van der Waals surface area contributed by atoms with Crippen LogP contribution in [-0.2, 0) is 0 Å². The summed E-state index contributed by atoms with van der Waals surface area (Å²) < 4.78 is 1.17. The first-order valence-corrected chi connectivity index (χ1v) is 9.38. The highest BCUT2D eigenvalue weighted by molar-refractivity contribution is 7.18. The Hall–Kier alpha value is -3.07. The topological polar surface area (TPSA) is 102 Å². The molecule has 0 spiro atoms. The van der Waals surface area contributed by atoms with Crippen molar-refractivity contribution in [3.8, 4) is 0 Å². The van der Waals surface area contributed by atoms with Crippen molar-refractivity contribution in [3.63, 3.8) is 0 Å². The van der Waals surface area contributed by atoms with Crippen molar-refractivity contribution in [2.45, 2.75) is 18.8 Å². The van der Waals surface area contributed by atoms with Gasteiger partial charge in [-0.3, -0.25) is 20.2 Å². The van der Waals surface area contributed by atoms with Gasteiger partial charge in [-0.15, -0.1) is 11.3 Å². The third-order valence-electron chi connectivity index (χ3n) is 4.86. The molecule has 0 amide bonds. The molecule has 0 atom stereocenters. The van der Waals surface area contributed by atoms with E-state index in [2.05, 4.69) is 6.07 Å². The molecule has 1 aliphatic heterocycles. The minimum atomic E-state index is -0.615. The summed E-state index contributed by atoms with van der Waals surface area (Å²) in [4.78, 5) is 27.8. The molecule has 1 aromatic heterocycles. The molecule has 0 bridgehead atoms. The molecule has 0 N–H and O–H groups in total. The second kappa shape index (κ2) is 6.92. The average Bonchev–Trinajstić information content (AvgIpc) is 3.12. The molecule has 1 saturated heterocycles. The molecule has 4 rings (SSSR count). The molecule has 3 aromatic rings.